The lowest BCUT2D eigenvalue weighted by atomic mass is 10.1. The third-order valence-corrected chi connectivity index (χ3v) is 4.65. The monoisotopic (exact) mass is 462 g/mol. The zero-order chi connectivity index (χ0) is 24.2. The Balaban J connectivity index is 1.65. The highest BCUT2D eigenvalue weighted by Crippen LogP contribution is 2.21. The summed E-state index contributed by atoms with van der Waals surface area (Å²) in [4.78, 5) is 20.9. The molecule has 3 rings (SSSR count). The van der Waals surface area contributed by atoms with Crippen molar-refractivity contribution in [2.45, 2.75) is 26.7 Å². The van der Waals surface area contributed by atoms with E-state index >= 15 is 0 Å². The number of hydrogen-bond acceptors (Lipinski definition) is 9. The van der Waals surface area contributed by atoms with Gasteiger partial charge in [-0.05, 0) is 37.6 Å². The molecule has 0 aliphatic carbocycles. The molecule has 1 aromatic carbocycles. The van der Waals surface area contributed by atoms with Crippen molar-refractivity contribution in [1.29, 1.82) is 5.26 Å². The van der Waals surface area contributed by atoms with E-state index in [2.05, 4.69) is 59.7 Å². The summed E-state index contributed by atoms with van der Waals surface area (Å²) in [6.45, 7) is 6.05. The molecule has 1 amide bonds. The third kappa shape index (κ3) is 8.07. The average Bonchev–Trinajstić information content (AvgIpc) is 3.23. The first-order valence-corrected chi connectivity index (χ1v) is 11.2. The number of benzene rings is 1. The molecule has 0 spiro atoms. The minimum Gasteiger partial charge on any atom is -0.368 e. The maximum Gasteiger partial charge on any atom is 0.234 e. The van der Waals surface area contributed by atoms with Crippen LogP contribution in [0.15, 0.2) is 36.4 Å². The van der Waals surface area contributed by atoms with Crippen molar-refractivity contribution >= 4 is 35.0 Å². The SMILES string of the molecule is CCCNCC(=O)NCCNc1cc(Nc2cc(C)[nH]n2)nc(Nc2ccc(CC#N)cc2)n1. The van der Waals surface area contributed by atoms with Crippen LogP contribution in [0.2, 0.25) is 0 Å². The molecule has 0 atom stereocenters. The molecule has 0 aliphatic heterocycles. The van der Waals surface area contributed by atoms with Crippen LogP contribution in [0, 0.1) is 18.3 Å². The number of anilines is 5. The van der Waals surface area contributed by atoms with E-state index in [4.69, 9.17) is 5.26 Å². The fourth-order valence-electron chi connectivity index (χ4n) is 3.03. The highest BCUT2D eigenvalue weighted by molar-refractivity contribution is 5.78. The van der Waals surface area contributed by atoms with Crippen molar-refractivity contribution in [3.05, 3.63) is 47.7 Å². The molecule has 2 aromatic heterocycles. The van der Waals surface area contributed by atoms with E-state index in [9.17, 15) is 4.79 Å². The van der Waals surface area contributed by atoms with E-state index < -0.39 is 0 Å². The smallest absolute Gasteiger partial charge is 0.234 e. The molecule has 6 N–H and O–H groups in total. The number of nitrogens with one attached hydrogen (secondary N) is 6. The summed E-state index contributed by atoms with van der Waals surface area (Å²) in [5, 5.41) is 31.4. The van der Waals surface area contributed by atoms with Gasteiger partial charge in [0.15, 0.2) is 5.82 Å². The second-order valence-electron chi connectivity index (χ2n) is 7.63. The molecule has 0 saturated carbocycles. The van der Waals surface area contributed by atoms with E-state index in [0.717, 1.165) is 29.9 Å². The van der Waals surface area contributed by atoms with Crippen molar-refractivity contribution in [3.8, 4) is 6.07 Å². The molecule has 3 aromatic rings. The molecular weight excluding hydrogens is 432 g/mol. The van der Waals surface area contributed by atoms with E-state index in [-0.39, 0.29) is 5.91 Å². The summed E-state index contributed by atoms with van der Waals surface area (Å²) >= 11 is 0. The van der Waals surface area contributed by atoms with Gasteiger partial charge < -0.3 is 26.6 Å². The predicted octanol–water partition coefficient (Wildman–Crippen LogP) is 2.59. The lowest BCUT2D eigenvalue weighted by Crippen LogP contribution is -2.36. The average molecular weight is 463 g/mol. The van der Waals surface area contributed by atoms with Crippen molar-refractivity contribution < 1.29 is 4.79 Å². The Bertz CT molecular complexity index is 1100. The highest BCUT2D eigenvalue weighted by atomic mass is 16.1. The van der Waals surface area contributed by atoms with E-state index in [0.29, 0.717) is 49.5 Å². The Morgan fingerprint density at radius 2 is 1.82 bits per heavy atom. The standard InChI is InChI=1S/C23H30N10O/c1-3-10-25-15-22(34)27-12-11-26-19-14-20(29-21-13-16(2)32-33-21)31-23(30-19)28-18-6-4-17(5-7-18)8-9-24/h4-7,13-14,25H,3,8,10-12,15H2,1-2H3,(H,27,34)(H4,26,28,29,30,31,32,33). The number of carbonyl (C=O) groups excluding carboxylic acids is 1. The van der Waals surface area contributed by atoms with Crippen molar-refractivity contribution in [3.63, 3.8) is 0 Å². The zero-order valence-electron chi connectivity index (χ0n) is 19.4. The first-order chi connectivity index (χ1) is 16.6. The maximum absolute atomic E-state index is 11.8. The van der Waals surface area contributed by atoms with Crippen LogP contribution in [0.5, 0.6) is 0 Å². The van der Waals surface area contributed by atoms with Crippen molar-refractivity contribution in [1.82, 2.24) is 30.8 Å². The van der Waals surface area contributed by atoms with Crippen LogP contribution in [0.3, 0.4) is 0 Å². The number of nitriles is 1. The maximum atomic E-state index is 11.8. The van der Waals surface area contributed by atoms with Gasteiger partial charge in [0.05, 0.1) is 19.0 Å². The summed E-state index contributed by atoms with van der Waals surface area (Å²) in [5.41, 5.74) is 2.66. The van der Waals surface area contributed by atoms with Crippen LogP contribution in [0.4, 0.5) is 29.1 Å². The normalized spacial score (nSPS) is 10.4. The van der Waals surface area contributed by atoms with Gasteiger partial charge in [0.2, 0.25) is 11.9 Å². The number of carbonyl (C=O) groups is 1. The van der Waals surface area contributed by atoms with Gasteiger partial charge in [-0.3, -0.25) is 9.89 Å². The van der Waals surface area contributed by atoms with Gasteiger partial charge >= 0.3 is 0 Å². The number of aromatic nitrogens is 4. The summed E-state index contributed by atoms with van der Waals surface area (Å²) in [6, 6.07) is 13.3. The molecule has 0 bridgehead atoms. The Hall–Kier alpha value is -4.17. The predicted molar refractivity (Wildman–Crippen MR) is 132 cm³/mol. The van der Waals surface area contributed by atoms with Crippen LogP contribution in [-0.4, -0.2) is 52.3 Å². The number of aromatic amines is 1. The van der Waals surface area contributed by atoms with Gasteiger partial charge in [-0.25, -0.2) is 0 Å². The Labute approximate surface area is 198 Å². The largest absolute Gasteiger partial charge is 0.368 e. The minimum atomic E-state index is -0.0450. The van der Waals surface area contributed by atoms with Gasteiger partial charge in [0.1, 0.15) is 11.6 Å². The fourth-order valence-corrected chi connectivity index (χ4v) is 3.03. The van der Waals surface area contributed by atoms with Gasteiger partial charge in [-0.1, -0.05) is 19.1 Å². The number of H-pyrrole nitrogens is 1. The van der Waals surface area contributed by atoms with Crippen LogP contribution >= 0.6 is 0 Å². The van der Waals surface area contributed by atoms with Crippen LogP contribution in [0.25, 0.3) is 0 Å². The molecule has 0 unspecified atom stereocenters. The quantitative estimate of drug-likeness (QED) is 0.210. The minimum absolute atomic E-state index is 0.0450. The topological polar surface area (TPSA) is 155 Å². The summed E-state index contributed by atoms with van der Waals surface area (Å²) in [6.07, 6.45) is 1.34. The van der Waals surface area contributed by atoms with Gasteiger partial charge in [-0.2, -0.15) is 20.3 Å². The highest BCUT2D eigenvalue weighted by Gasteiger charge is 2.08. The van der Waals surface area contributed by atoms with Crippen LogP contribution in [-0.2, 0) is 11.2 Å². The van der Waals surface area contributed by atoms with Gasteiger partial charge in [0, 0.05) is 36.6 Å². The van der Waals surface area contributed by atoms with Crippen molar-refractivity contribution in [2.24, 2.45) is 0 Å². The molecule has 34 heavy (non-hydrogen) atoms. The van der Waals surface area contributed by atoms with E-state index in [1.807, 2.05) is 37.3 Å². The summed E-state index contributed by atoms with van der Waals surface area (Å²) in [5.74, 6) is 2.13. The van der Waals surface area contributed by atoms with Crippen molar-refractivity contribution in [2.75, 3.05) is 42.1 Å². The number of hydrogen-bond donors (Lipinski definition) is 6. The second-order valence-corrected chi connectivity index (χ2v) is 7.63. The third-order valence-electron chi connectivity index (χ3n) is 4.65. The van der Waals surface area contributed by atoms with Crippen LogP contribution in [0.1, 0.15) is 24.6 Å². The zero-order valence-corrected chi connectivity index (χ0v) is 19.4. The Morgan fingerprint density at radius 1 is 1.03 bits per heavy atom. The Morgan fingerprint density at radius 3 is 2.53 bits per heavy atom. The molecule has 178 valence electrons. The van der Waals surface area contributed by atoms with E-state index in [1.54, 1.807) is 6.07 Å². The van der Waals surface area contributed by atoms with E-state index in [1.165, 1.54) is 0 Å². The molecule has 11 nitrogen and oxygen atoms in total. The second kappa shape index (κ2) is 12.8. The first kappa shape index (κ1) is 24.5. The first-order valence-electron chi connectivity index (χ1n) is 11.2. The van der Waals surface area contributed by atoms with Crippen LogP contribution < -0.4 is 26.6 Å². The lowest BCUT2D eigenvalue weighted by molar-refractivity contribution is -0.120. The summed E-state index contributed by atoms with van der Waals surface area (Å²) in [7, 11) is 0. The molecule has 2 heterocycles. The number of rotatable bonds is 13. The molecule has 0 saturated heterocycles. The van der Waals surface area contributed by atoms with Gasteiger partial charge in [0.25, 0.3) is 0 Å². The number of nitrogens with zero attached hydrogens (tertiary/aromatic N) is 4. The molecule has 11 heteroatoms. The molecule has 0 radical (unpaired) electrons. The van der Waals surface area contributed by atoms with Gasteiger partial charge in [-0.15, -0.1) is 0 Å². The number of amides is 1. The lowest BCUT2D eigenvalue weighted by Gasteiger charge is -2.12. The Kier molecular flexibility index (Phi) is 9.19. The molecule has 0 aliphatic rings. The number of aryl methyl sites for hydroxylation is 1. The molecule has 0 fully saturated rings. The summed E-state index contributed by atoms with van der Waals surface area (Å²) < 4.78 is 0. The molecular formula is C23H30N10O. The fraction of sp³-hybridized carbons (Fsp3) is 0.348.